The topological polar surface area (TPSA) is 47.3 Å². The molecule has 0 amide bonds. The number of para-hydroxylation sites is 2. The molecule has 0 bridgehead atoms. The fourth-order valence-corrected chi connectivity index (χ4v) is 1.32. The third-order valence-corrected chi connectivity index (χ3v) is 2.07. The lowest BCUT2D eigenvalue weighted by molar-refractivity contribution is -0.0493. The van der Waals surface area contributed by atoms with Crippen molar-refractivity contribution in [2.45, 2.75) is 13.2 Å². The van der Waals surface area contributed by atoms with Gasteiger partial charge in [0.15, 0.2) is 0 Å². The van der Waals surface area contributed by atoms with Crippen LogP contribution in [0.2, 0.25) is 0 Å². The number of nitrogens with zero attached hydrogens (tertiary/aromatic N) is 1. The predicted octanol–water partition coefficient (Wildman–Crippen LogP) is 2.89. The molecule has 0 saturated heterocycles. The molecule has 17 heavy (non-hydrogen) atoms. The van der Waals surface area contributed by atoms with Crippen LogP contribution in [0.25, 0.3) is 0 Å². The molecule has 1 N–H and O–H groups in total. The summed E-state index contributed by atoms with van der Waals surface area (Å²) in [6.45, 7) is -2.42. The molecule has 0 unspecified atom stereocenters. The van der Waals surface area contributed by atoms with Crippen molar-refractivity contribution in [1.29, 1.82) is 0 Å². The Bertz CT molecular complexity index is 460. The molecular formula is C11H10F2N2O2. The Balaban J connectivity index is 2.04. The number of halogens is 2. The van der Waals surface area contributed by atoms with Crippen LogP contribution < -0.4 is 10.1 Å². The van der Waals surface area contributed by atoms with Gasteiger partial charge in [-0.05, 0) is 12.1 Å². The molecule has 0 aliphatic rings. The van der Waals surface area contributed by atoms with Crippen molar-refractivity contribution in [2.24, 2.45) is 0 Å². The van der Waals surface area contributed by atoms with Crippen molar-refractivity contribution in [1.82, 2.24) is 5.16 Å². The van der Waals surface area contributed by atoms with E-state index in [-0.39, 0.29) is 5.75 Å². The van der Waals surface area contributed by atoms with Crippen LogP contribution in [0.1, 0.15) is 5.56 Å². The van der Waals surface area contributed by atoms with E-state index in [2.05, 4.69) is 19.7 Å². The predicted molar refractivity (Wildman–Crippen MR) is 56.9 cm³/mol. The van der Waals surface area contributed by atoms with E-state index in [1.165, 1.54) is 12.3 Å². The van der Waals surface area contributed by atoms with E-state index >= 15 is 0 Å². The number of anilines is 1. The molecule has 2 aromatic rings. The van der Waals surface area contributed by atoms with Crippen LogP contribution in [0.5, 0.6) is 5.75 Å². The summed E-state index contributed by atoms with van der Waals surface area (Å²) in [4.78, 5) is 0. The van der Waals surface area contributed by atoms with E-state index in [1.807, 2.05) is 0 Å². The summed E-state index contributed by atoms with van der Waals surface area (Å²) >= 11 is 0. The van der Waals surface area contributed by atoms with Crippen molar-refractivity contribution in [3.8, 4) is 5.75 Å². The van der Waals surface area contributed by atoms with Crippen LogP contribution in [-0.2, 0) is 6.54 Å². The maximum Gasteiger partial charge on any atom is 0.387 e. The summed E-state index contributed by atoms with van der Waals surface area (Å²) in [5.74, 6) is 0.110. The molecule has 6 heteroatoms. The average molecular weight is 240 g/mol. The van der Waals surface area contributed by atoms with E-state index in [1.54, 1.807) is 24.4 Å². The number of alkyl halides is 2. The fourth-order valence-electron chi connectivity index (χ4n) is 1.32. The highest BCUT2D eigenvalue weighted by atomic mass is 19.3. The zero-order chi connectivity index (χ0) is 12.1. The van der Waals surface area contributed by atoms with Crippen molar-refractivity contribution < 1.29 is 18.0 Å². The van der Waals surface area contributed by atoms with E-state index in [4.69, 9.17) is 0 Å². The fraction of sp³-hybridized carbons (Fsp3) is 0.182. The van der Waals surface area contributed by atoms with Crippen LogP contribution in [0.3, 0.4) is 0 Å². The number of hydrogen-bond acceptors (Lipinski definition) is 4. The Morgan fingerprint density at radius 1 is 1.35 bits per heavy atom. The highest BCUT2D eigenvalue weighted by Crippen LogP contribution is 2.25. The number of nitrogens with one attached hydrogen (secondary N) is 1. The quantitative estimate of drug-likeness (QED) is 0.872. The minimum absolute atomic E-state index is 0.110. The molecule has 2 rings (SSSR count). The van der Waals surface area contributed by atoms with Gasteiger partial charge >= 0.3 is 6.61 Å². The third kappa shape index (κ3) is 3.17. The minimum Gasteiger partial charge on any atom is -0.433 e. The molecule has 0 atom stereocenters. The summed E-state index contributed by atoms with van der Waals surface area (Å²) in [5.41, 5.74) is 1.31. The van der Waals surface area contributed by atoms with Gasteiger partial charge in [0.05, 0.1) is 11.9 Å². The molecular weight excluding hydrogens is 230 g/mol. The summed E-state index contributed by atoms with van der Waals surface area (Å²) < 4.78 is 33.3. The first-order valence-electron chi connectivity index (χ1n) is 4.91. The van der Waals surface area contributed by atoms with Crippen molar-refractivity contribution in [3.63, 3.8) is 0 Å². The van der Waals surface area contributed by atoms with Gasteiger partial charge < -0.3 is 14.6 Å². The Kier molecular flexibility index (Phi) is 3.54. The summed E-state index contributed by atoms with van der Waals surface area (Å²) in [7, 11) is 0. The second kappa shape index (κ2) is 5.29. The van der Waals surface area contributed by atoms with Crippen molar-refractivity contribution in [2.75, 3.05) is 5.32 Å². The van der Waals surface area contributed by atoms with Crippen molar-refractivity contribution >= 4 is 5.69 Å². The lowest BCUT2D eigenvalue weighted by atomic mass is 10.2. The SMILES string of the molecule is FC(F)Oc1ccccc1NCc1cnoc1. The van der Waals surface area contributed by atoms with Gasteiger partial charge in [-0.3, -0.25) is 0 Å². The van der Waals surface area contributed by atoms with Crippen molar-refractivity contribution in [3.05, 3.63) is 42.3 Å². The van der Waals surface area contributed by atoms with E-state index < -0.39 is 6.61 Å². The second-order valence-electron chi connectivity index (χ2n) is 3.26. The monoisotopic (exact) mass is 240 g/mol. The summed E-state index contributed by atoms with van der Waals surface area (Å²) in [6.07, 6.45) is 3.02. The molecule has 0 fully saturated rings. The number of benzene rings is 1. The molecule has 0 radical (unpaired) electrons. The van der Waals surface area contributed by atoms with E-state index in [9.17, 15) is 8.78 Å². The minimum atomic E-state index is -2.84. The van der Waals surface area contributed by atoms with Gasteiger partial charge in [-0.15, -0.1) is 0 Å². The van der Waals surface area contributed by atoms with Gasteiger partial charge in [0.25, 0.3) is 0 Å². The number of ether oxygens (including phenoxy) is 1. The zero-order valence-corrected chi connectivity index (χ0v) is 8.77. The van der Waals surface area contributed by atoms with Crippen LogP contribution in [0.4, 0.5) is 14.5 Å². The highest BCUT2D eigenvalue weighted by Gasteiger charge is 2.08. The average Bonchev–Trinajstić information content (AvgIpc) is 2.80. The third-order valence-electron chi connectivity index (χ3n) is 2.07. The van der Waals surface area contributed by atoms with E-state index in [0.717, 1.165) is 5.56 Å². The molecule has 0 aliphatic heterocycles. The molecule has 0 spiro atoms. The Hall–Kier alpha value is -2.11. The Morgan fingerprint density at radius 3 is 2.88 bits per heavy atom. The Labute approximate surface area is 96.2 Å². The molecule has 1 aromatic heterocycles. The standard InChI is InChI=1S/C11H10F2N2O2/c12-11(13)17-10-4-2-1-3-9(10)14-5-8-6-15-16-7-8/h1-4,6-7,11,14H,5H2. The second-order valence-corrected chi connectivity index (χ2v) is 3.26. The molecule has 1 heterocycles. The lowest BCUT2D eigenvalue weighted by Crippen LogP contribution is -2.06. The molecule has 0 saturated carbocycles. The van der Waals surface area contributed by atoms with Gasteiger partial charge in [0.2, 0.25) is 0 Å². The smallest absolute Gasteiger partial charge is 0.387 e. The molecule has 90 valence electrons. The Morgan fingerprint density at radius 2 is 2.18 bits per heavy atom. The van der Waals surface area contributed by atoms with Gasteiger partial charge in [0, 0.05) is 12.1 Å². The zero-order valence-electron chi connectivity index (χ0n) is 8.77. The summed E-state index contributed by atoms with van der Waals surface area (Å²) in [5, 5.41) is 6.50. The first kappa shape index (κ1) is 11.4. The molecule has 1 aromatic carbocycles. The van der Waals surface area contributed by atoms with Gasteiger partial charge in [-0.25, -0.2) is 0 Å². The maximum atomic E-state index is 12.1. The number of hydrogen-bond donors (Lipinski definition) is 1. The van der Waals surface area contributed by atoms with Crippen LogP contribution in [0, 0.1) is 0 Å². The highest BCUT2D eigenvalue weighted by molar-refractivity contribution is 5.56. The number of rotatable bonds is 5. The van der Waals surface area contributed by atoms with Crippen LogP contribution in [-0.4, -0.2) is 11.8 Å². The largest absolute Gasteiger partial charge is 0.433 e. The van der Waals surface area contributed by atoms with E-state index in [0.29, 0.717) is 12.2 Å². The normalized spacial score (nSPS) is 10.5. The van der Waals surface area contributed by atoms with Crippen LogP contribution >= 0.6 is 0 Å². The first-order valence-corrected chi connectivity index (χ1v) is 4.91. The van der Waals surface area contributed by atoms with Gasteiger partial charge in [0.1, 0.15) is 12.0 Å². The van der Waals surface area contributed by atoms with Crippen LogP contribution in [0.15, 0.2) is 41.2 Å². The summed E-state index contributed by atoms with van der Waals surface area (Å²) in [6, 6.07) is 6.49. The molecule has 0 aliphatic carbocycles. The van der Waals surface area contributed by atoms with Gasteiger partial charge in [-0.1, -0.05) is 17.3 Å². The molecule has 4 nitrogen and oxygen atoms in total. The van der Waals surface area contributed by atoms with Gasteiger partial charge in [-0.2, -0.15) is 8.78 Å². The maximum absolute atomic E-state index is 12.1. The number of aromatic nitrogens is 1. The first-order chi connectivity index (χ1) is 8.25. The lowest BCUT2D eigenvalue weighted by Gasteiger charge is -2.11.